The zero-order valence-corrected chi connectivity index (χ0v) is 13.2. The molecule has 2 aromatic rings. The topological polar surface area (TPSA) is 35.5 Å². The number of phenols is 1. The van der Waals surface area contributed by atoms with Crippen LogP contribution in [0.25, 0.3) is 10.8 Å². The largest absolute Gasteiger partial charge is 0.508 e. The van der Waals surface area contributed by atoms with Gasteiger partial charge in [0.1, 0.15) is 5.75 Å². The molecule has 1 saturated heterocycles. The number of nitrogens with zero attached hydrogens (tertiary/aromatic N) is 1. The number of phenolic OH excluding ortho intramolecular Hbond substituents is 1. The number of rotatable bonds is 4. The highest BCUT2D eigenvalue weighted by molar-refractivity contribution is 5.88. The molecule has 1 heterocycles. The van der Waals surface area contributed by atoms with Gasteiger partial charge < -0.3 is 10.4 Å². The van der Waals surface area contributed by atoms with E-state index in [1.807, 2.05) is 24.3 Å². The van der Waals surface area contributed by atoms with Crippen LogP contribution >= 0.6 is 0 Å². The first-order valence-corrected chi connectivity index (χ1v) is 7.96. The predicted octanol–water partition coefficient (Wildman–Crippen LogP) is 3.46. The van der Waals surface area contributed by atoms with E-state index in [0.717, 1.165) is 49.1 Å². The summed E-state index contributed by atoms with van der Waals surface area (Å²) in [5, 5.41) is 16.3. The monoisotopic (exact) mass is 296 g/mol. The number of nitrogens with one attached hydrogen (secondary N) is 1. The lowest BCUT2D eigenvalue weighted by Gasteiger charge is -2.36. The van der Waals surface area contributed by atoms with Crippen LogP contribution in [-0.4, -0.2) is 36.2 Å². The second-order valence-electron chi connectivity index (χ2n) is 6.18. The normalized spacial score (nSPS) is 17.5. The van der Waals surface area contributed by atoms with E-state index >= 15 is 0 Å². The van der Waals surface area contributed by atoms with Gasteiger partial charge in [-0.05, 0) is 30.2 Å². The van der Waals surface area contributed by atoms with Crippen LogP contribution in [0.4, 0.5) is 0 Å². The van der Waals surface area contributed by atoms with Gasteiger partial charge >= 0.3 is 0 Å². The SMILES string of the molecule is C=C(C)C[C@H](c1c(O)ccc2ccccc12)N1CCNCC1. The van der Waals surface area contributed by atoms with Crippen LogP contribution in [-0.2, 0) is 0 Å². The Labute approximate surface area is 132 Å². The molecule has 0 aliphatic carbocycles. The maximum absolute atomic E-state index is 10.6. The molecule has 2 aromatic carbocycles. The minimum absolute atomic E-state index is 0.186. The van der Waals surface area contributed by atoms with Crippen molar-refractivity contribution in [2.24, 2.45) is 0 Å². The molecule has 3 heteroatoms. The summed E-state index contributed by atoms with van der Waals surface area (Å²) in [5.41, 5.74) is 2.19. The van der Waals surface area contributed by atoms with Gasteiger partial charge in [0.2, 0.25) is 0 Å². The van der Waals surface area contributed by atoms with Gasteiger partial charge in [-0.2, -0.15) is 0 Å². The Kier molecular flexibility index (Phi) is 4.46. The Morgan fingerprint density at radius 1 is 1.23 bits per heavy atom. The number of hydrogen-bond acceptors (Lipinski definition) is 3. The predicted molar refractivity (Wildman–Crippen MR) is 92.2 cm³/mol. The van der Waals surface area contributed by atoms with Gasteiger partial charge in [-0.25, -0.2) is 0 Å². The fourth-order valence-corrected chi connectivity index (χ4v) is 3.37. The van der Waals surface area contributed by atoms with Crippen molar-refractivity contribution in [1.29, 1.82) is 0 Å². The molecule has 1 aliphatic heterocycles. The average molecular weight is 296 g/mol. The van der Waals surface area contributed by atoms with Gasteiger partial charge in [-0.3, -0.25) is 4.90 Å². The maximum Gasteiger partial charge on any atom is 0.121 e. The van der Waals surface area contributed by atoms with E-state index in [-0.39, 0.29) is 6.04 Å². The van der Waals surface area contributed by atoms with E-state index < -0.39 is 0 Å². The Morgan fingerprint density at radius 3 is 2.68 bits per heavy atom. The molecule has 22 heavy (non-hydrogen) atoms. The van der Waals surface area contributed by atoms with Crippen molar-refractivity contribution in [1.82, 2.24) is 10.2 Å². The van der Waals surface area contributed by atoms with Gasteiger partial charge in [-0.1, -0.05) is 35.9 Å². The van der Waals surface area contributed by atoms with Crippen molar-refractivity contribution in [3.63, 3.8) is 0 Å². The van der Waals surface area contributed by atoms with Crippen molar-refractivity contribution in [2.75, 3.05) is 26.2 Å². The lowest BCUT2D eigenvalue weighted by Crippen LogP contribution is -2.45. The molecule has 0 unspecified atom stereocenters. The highest BCUT2D eigenvalue weighted by Crippen LogP contribution is 2.38. The van der Waals surface area contributed by atoms with Gasteiger partial charge in [-0.15, -0.1) is 6.58 Å². The first-order valence-electron chi connectivity index (χ1n) is 7.96. The standard InChI is InChI=1S/C19H24N2O/c1-14(2)13-17(21-11-9-20-10-12-21)19-16-6-4-3-5-15(16)7-8-18(19)22/h3-8,17,20,22H,1,9-13H2,2H3/t17-/m1/s1. The van der Waals surface area contributed by atoms with Gasteiger partial charge in [0, 0.05) is 37.8 Å². The van der Waals surface area contributed by atoms with Crippen LogP contribution in [0.2, 0.25) is 0 Å². The second-order valence-corrected chi connectivity index (χ2v) is 6.18. The summed E-state index contributed by atoms with van der Waals surface area (Å²) in [6.45, 7) is 10.2. The summed E-state index contributed by atoms with van der Waals surface area (Å²) in [6, 6.07) is 12.3. The summed E-state index contributed by atoms with van der Waals surface area (Å²) in [6.07, 6.45) is 0.877. The van der Waals surface area contributed by atoms with Crippen LogP contribution in [0.1, 0.15) is 24.9 Å². The number of fused-ring (bicyclic) bond motifs is 1. The highest BCUT2D eigenvalue weighted by Gasteiger charge is 2.26. The highest BCUT2D eigenvalue weighted by atomic mass is 16.3. The van der Waals surface area contributed by atoms with Crippen molar-refractivity contribution >= 4 is 10.8 Å². The van der Waals surface area contributed by atoms with Crippen molar-refractivity contribution in [3.8, 4) is 5.75 Å². The van der Waals surface area contributed by atoms with Gasteiger partial charge in [0.05, 0.1) is 0 Å². The van der Waals surface area contributed by atoms with Crippen molar-refractivity contribution in [2.45, 2.75) is 19.4 Å². The van der Waals surface area contributed by atoms with Gasteiger partial charge in [0.15, 0.2) is 0 Å². The minimum Gasteiger partial charge on any atom is -0.508 e. The van der Waals surface area contributed by atoms with Crippen LogP contribution in [0, 0.1) is 0 Å². The first-order chi connectivity index (χ1) is 10.7. The van der Waals surface area contributed by atoms with Crippen LogP contribution in [0.5, 0.6) is 5.75 Å². The van der Waals surface area contributed by atoms with E-state index in [0.29, 0.717) is 5.75 Å². The molecule has 0 bridgehead atoms. The van der Waals surface area contributed by atoms with Crippen molar-refractivity contribution < 1.29 is 5.11 Å². The Balaban J connectivity index is 2.10. The first kappa shape index (κ1) is 15.1. The van der Waals surface area contributed by atoms with Crippen LogP contribution in [0.3, 0.4) is 0 Å². The third kappa shape index (κ3) is 3.01. The van der Waals surface area contributed by atoms with E-state index in [1.54, 1.807) is 0 Å². The lowest BCUT2D eigenvalue weighted by molar-refractivity contribution is 0.171. The number of aromatic hydroxyl groups is 1. The second kappa shape index (κ2) is 6.51. The molecular formula is C19H24N2O. The van der Waals surface area contributed by atoms with E-state index in [4.69, 9.17) is 0 Å². The molecule has 0 aromatic heterocycles. The fourth-order valence-electron chi connectivity index (χ4n) is 3.37. The molecule has 1 fully saturated rings. The zero-order valence-electron chi connectivity index (χ0n) is 13.2. The summed E-state index contributed by atoms with van der Waals surface area (Å²) >= 11 is 0. The molecule has 1 aliphatic rings. The van der Waals surface area contributed by atoms with Crippen LogP contribution in [0.15, 0.2) is 48.6 Å². The van der Waals surface area contributed by atoms with E-state index in [9.17, 15) is 5.11 Å². The Hall–Kier alpha value is -1.84. The van der Waals surface area contributed by atoms with Crippen LogP contribution < -0.4 is 5.32 Å². The molecule has 116 valence electrons. The molecule has 3 rings (SSSR count). The molecular weight excluding hydrogens is 272 g/mol. The summed E-state index contributed by atoms with van der Waals surface area (Å²) in [4.78, 5) is 2.46. The molecule has 0 saturated carbocycles. The lowest BCUT2D eigenvalue weighted by atomic mass is 9.92. The molecule has 0 spiro atoms. The fraction of sp³-hybridized carbons (Fsp3) is 0.368. The zero-order chi connectivity index (χ0) is 15.5. The quantitative estimate of drug-likeness (QED) is 0.848. The summed E-state index contributed by atoms with van der Waals surface area (Å²) < 4.78 is 0. The van der Waals surface area contributed by atoms with Crippen molar-refractivity contribution in [3.05, 3.63) is 54.1 Å². The molecule has 1 atom stereocenters. The number of hydrogen-bond donors (Lipinski definition) is 2. The molecule has 2 N–H and O–H groups in total. The van der Waals surface area contributed by atoms with E-state index in [2.05, 4.69) is 35.9 Å². The molecule has 3 nitrogen and oxygen atoms in total. The third-order valence-corrected chi connectivity index (χ3v) is 4.42. The van der Waals surface area contributed by atoms with Gasteiger partial charge in [0.25, 0.3) is 0 Å². The Bertz CT molecular complexity index is 674. The molecule has 0 amide bonds. The summed E-state index contributed by atoms with van der Waals surface area (Å²) in [7, 11) is 0. The third-order valence-electron chi connectivity index (χ3n) is 4.42. The smallest absolute Gasteiger partial charge is 0.121 e. The number of benzene rings is 2. The minimum atomic E-state index is 0.186. The Morgan fingerprint density at radius 2 is 1.95 bits per heavy atom. The summed E-state index contributed by atoms with van der Waals surface area (Å²) in [5.74, 6) is 0.392. The maximum atomic E-state index is 10.6. The number of piperazine rings is 1. The van der Waals surface area contributed by atoms with E-state index in [1.165, 1.54) is 5.39 Å². The molecule has 0 radical (unpaired) electrons. The average Bonchev–Trinajstić information content (AvgIpc) is 2.54.